The lowest BCUT2D eigenvalue weighted by Gasteiger charge is -2.32. The van der Waals surface area contributed by atoms with Gasteiger partial charge in [-0.1, -0.05) is 0 Å². The van der Waals surface area contributed by atoms with Crippen molar-refractivity contribution in [3.8, 4) is 0 Å². The van der Waals surface area contributed by atoms with E-state index >= 15 is 0 Å². The second-order valence-electron chi connectivity index (χ2n) is 5.75. The Morgan fingerprint density at radius 1 is 1.37 bits per heavy atom. The van der Waals surface area contributed by atoms with Gasteiger partial charge in [-0.2, -0.15) is 12.6 Å². The smallest absolute Gasteiger partial charge is 0.375 e. The third kappa shape index (κ3) is 3.10. The molecule has 0 radical (unpaired) electrons. The fourth-order valence-corrected chi connectivity index (χ4v) is 4.36. The van der Waals surface area contributed by atoms with Gasteiger partial charge in [-0.3, -0.25) is 0 Å². The van der Waals surface area contributed by atoms with Crippen LogP contribution in [0.5, 0.6) is 0 Å². The Morgan fingerprint density at radius 3 is 2.59 bits per heavy atom. The van der Waals surface area contributed by atoms with Crippen molar-refractivity contribution in [3.63, 3.8) is 0 Å². The highest BCUT2D eigenvalue weighted by molar-refractivity contribution is 8.03. The minimum Gasteiger partial charge on any atom is -0.501 e. The molecule has 27 heavy (non-hydrogen) atoms. The molecule has 0 aliphatic carbocycles. The Bertz CT molecular complexity index is 922. The summed E-state index contributed by atoms with van der Waals surface area (Å²) < 4.78 is 13.9. The van der Waals surface area contributed by atoms with E-state index in [-0.39, 0.29) is 11.5 Å². The maximum atomic E-state index is 13.0. The second kappa shape index (κ2) is 7.31. The molecule has 2 aromatic rings. The number of ether oxygens (including phenoxy) is 2. The van der Waals surface area contributed by atoms with E-state index in [1.165, 1.54) is 6.20 Å². The van der Waals surface area contributed by atoms with Crippen LogP contribution in [0, 0.1) is 0 Å². The molecule has 0 saturated carbocycles. The van der Waals surface area contributed by atoms with Gasteiger partial charge in [-0.05, 0) is 18.7 Å². The predicted octanol–water partition coefficient (Wildman–Crippen LogP) is 1.55. The Labute approximate surface area is 164 Å². The molecule has 0 spiro atoms. The predicted molar refractivity (Wildman–Crippen MR) is 99.1 cm³/mol. The fraction of sp³-hybridized carbons (Fsp3) is 0.375. The summed E-state index contributed by atoms with van der Waals surface area (Å²) in [5.41, 5.74) is -1.99. The van der Waals surface area contributed by atoms with Crippen LogP contribution in [0.4, 0.5) is 0 Å². The Balaban J connectivity index is 2.16. The topological polar surface area (TPSA) is 108 Å². The average molecular weight is 410 g/mol. The highest BCUT2D eigenvalue weighted by atomic mass is 32.2. The van der Waals surface area contributed by atoms with Crippen LogP contribution in [0.2, 0.25) is 0 Å². The number of hydrogen-bond donors (Lipinski definition) is 2. The zero-order valence-corrected chi connectivity index (χ0v) is 16.5. The summed E-state index contributed by atoms with van der Waals surface area (Å²) in [5, 5.41) is 9.82. The number of imidazole rings is 2. The summed E-state index contributed by atoms with van der Waals surface area (Å²) in [6.45, 7) is 1.69. The van der Waals surface area contributed by atoms with Crippen LogP contribution >= 0.6 is 24.4 Å². The summed E-state index contributed by atoms with van der Waals surface area (Å²) in [5.74, 6) is -2.19. The van der Waals surface area contributed by atoms with Gasteiger partial charge in [0.15, 0.2) is 5.16 Å². The van der Waals surface area contributed by atoms with Crippen LogP contribution in [0.3, 0.4) is 0 Å². The molecule has 0 aromatic carbocycles. The van der Waals surface area contributed by atoms with Crippen molar-refractivity contribution in [1.29, 1.82) is 0 Å². The molecule has 11 heteroatoms. The molecule has 1 N–H and O–H groups in total. The number of nitrogens with zero attached hydrogens (tertiary/aromatic N) is 4. The molecule has 1 aliphatic heterocycles. The number of rotatable bonds is 6. The molecule has 3 heterocycles. The van der Waals surface area contributed by atoms with E-state index in [9.17, 15) is 14.7 Å². The van der Waals surface area contributed by atoms with E-state index in [0.29, 0.717) is 11.0 Å². The molecule has 2 unspecified atom stereocenters. The first-order valence-electron chi connectivity index (χ1n) is 7.97. The van der Waals surface area contributed by atoms with Crippen LogP contribution < -0.4 is 0 Å². The molecule has 0 fully saturated rings. The van der Waals surface area contributed by atoms with Gasteiger partial charge in [-0.25, -0.2) is 19.6 Å². The van der Waals surface area contributed by atoms with Gasteiger partial charge in [0.1, 0.15) is 11.1 Å². The van der Waals surface area contributed by atoms with E-state index < -0.39 is 28.5 Å². The minimum atomic E-state index is -1.99. The number of thiol groups is 1. The number of cyclic esters (lactones) is 1. The van der Waals surface area contributed by atoms with E-state index in [0.717, 1.165) is 11.8 Å². The van der Waals surface area contributed by atoms with Gasteiger partial charge in [0.05, 0.1) is 11.5 Å². The van der Waals surface area contributed by atoms with Gasteiger partial charge in [0, 0.05) is 38.9 Å². The quantitative estimate of drug-likeness (QED) is 0.545. The maximum absolute atomic E-state index is 13.0. The highest BCUT2D eigenvalue weighted by Crippen LogP contribution is 2.51. The lowest BCUT2D eigenvalue weighted by atomic mass is 9.98. The van der Waals surface area contributed by atoms with Crippen LogP contribution in [0.1, 0.15) is 18.0 Å². The average Bonchev–Trinajstić information content (AvgIpc) is 3.30. The summed E-state index contributed by atoms with van der Waals surface area (Å²) in [4.78, 5) is 33.5. The van der Waals surface area contributed by atoms with Crippen LogP contribution in [-0.4, -0.2) is 48.4 Å². The zero-order valence-electron chi connectivity index (χ0n) is 14.8. The molecule has 0 saturated heterocycles. The number of esters is 2. The molecular formula is C16H18N4O5S2. The van der Waals surface area contributed by atoms with Gasteiger partial charge < -0.3 is 23.7 Å². The summed E-state index contributed by atoms with van der Waals surface area (Å²) in [6.07, 6.45) is 6.45. The molecule has 0 amide bonds. The van der Waals surface area contributed by atoms with Crippen molar-refractivity contribution in [3.05, 3.63) is 41.3 Å². The molecule has 2 aromatic heterocycles. The Hall–Kier alpha value is -2.40. The third-order valence-electron chi connectivity index (χ3n) is 4.04. The van der Waals surface area contributed by atoms with Gasteiger partial charge >= 0.3 is 11.9 Å². The standard InChI is InChI=1S/C16H18N4O5S2/c1-4-24-14(23)16(10(26)12-17-5-7-19(12)2)11(9(21)13(22)25-16)27-15-18-6-8-20(15)3/h5-8,10,21,26H,4H2,1-3H3. The van der Waals surface area contributed by atoms with Crippen LogP contribution in [0.15, 0.2) is 40.6 Å². The number of hydrogen-bond acceptors (Lipinski definition) is 9. The lowest BCUT2D eigenvalue weighted by Crippen LogP contribution is -2.46. The van der Waals surface area contributed by atoms with Gasteiger partial charge in [-0.15, -0.1) is 0 Å². The van der Waals surface area contributed by atoms with Crippen molar-refractivity contribution in [2.24, 2.45) is 14.1 Å². The number of carbonyl (C=O) groups excluding carboxylic acids is 2. The van der Waals surface area contributed by atoms with Gasteiger partial charge in [0.2, 0.25) is 5.76 Å². The normalized spacial score (nSPS) is 20.7. The van der Waals surface area contributed by atoms with Crippen molar-refractivity contribution in [1.82, 2.24) is 19.1 Å². The number of thioether (sulfide) groups is 1. The van der Waals surface area contributed by atoms with Crippen molar-refractivity contribution in [2.75, 3.05) is 6.61 Å². The number of aliphatic hydroxyl groups is 1. The zero-order chi connectivity index (χ0) is 19.8. The van der Waals surface area contributed by atoms with Crippen LogP contribution in [-0.2, 0) is 33.2 Å². The van der Waals surface area contributed by atoms with E-state index in [2.05, 4.69) is 22.6 Å². The van der Waals surface area contributed by atoms with E-state index in [1.807, 2.05) is 0 Å². The Kier molecular flexibility index (Phi) is 5.24. The number of aryl methyl sites for hydroxylation is 2. The highest BCUT2D eigenvalue weighted by Gasteiger charge is 2.61. The maximum Gasteiger partial charge on any atom is 0.375 e. The van der Waals surface area contributed by atoms with Gasteiger partial charge in [0.25, 0.3) is 5.60 Å². The summed E-state index contributed by atoms with van der Waals surface area (Å²) in [7, 11) is 3.46. The molecular weight excluding hydrogens is 392 g/mol. The van der Waals surface area contributed by atoms with Crippen LogP contribution in [0.25, 0.3) is 0 Å². The number of carbonyl (C=O) groups is 2. The first-order valence-corrected chi connectivity index (χ1v) is 9.31. The second-order valence-corrected chi connectivity index (χ2v) is 7.24. The molecule has 3 rings (SSSR count). The summed E-state index contributed by atoms with van der Waals surface area (Å²) >= 11 is 5.48. The third-order valence-corrected chi connectivity index (χ3v) is 5.91. The lowest BCUT2D eigenvalue weighted by molar-refractivity contribution is -0.172. The monoisotopic (exact) mass is 410 g/mol. The number of aromatic nitrogens is 4. The Morgan fingerprint density at radius 2 is 2.04 bits per heavy atom. The van der Waals surface area contributed by atoms with E-state index in [1.54, 1.807) is 48.7 Å². The van der Waals surface area contributed by atoms with E-state index in [4.69, 9.17) is 9.47 Å². The molecule has 144 valence electrons. The molecule has 1 aliphatic rings. The molecule has 0 bridgehead atoms. The first kappa shape index (κ1) is 19.4. The number of aliphatic hydroxyl groups excluding tert-OH is 1. The van der Waals surface area contributed by atoms with Crippen molar-refractivity contribution >= 4 is 36.3 Å². The first-order chi connectivity index (χ1) is 12.8. The fourth-order valence-electron chi connectivity index (χ4n) is 2.66. The molecule has 2 atom stereocenters. The summed E-state index contributed by atoms with van der Waals surface area (Å²) in [6, 6.07) is 0. The molecule has 9 nitrogen and oxygen atoms in total. The minimum absolute atomic E-state index is 0.0387. The van der Waals surface area contributed by atoms with Crippen molar-refractivity contribution in [2.45, 2.75) is 22.9 Å². The SMILES string of the molecule is CCOC(=O)C1(C(S)c2nccn2C)OC(=O)C(O)=C1Sc1nccn1C. The van der Waals surface area contributed by atoms with Crippen molar-refractivity contribution < 1.29 is 24.2 Å². The largest absolute Gasteiger partial charge is 0.501 e.